The number of benzene rings is 1. The van der Waals surface area contributed by atoms with Crippen molar-refractivity contribution in [3.05, 3.63) is 41.0 Å². The van der Waals surface area contributed by atoms with Gasteiger partial charge in [-0.3, -0.25) is 9.48 Å². The molecule has 0 spiro atoms. The first-order chi connectivity index (χ1) is 10.0. The van der Waals surface area contributed by atoms with Crippen molar-refractivity contribution in [2.75, 3.05) is 10.6 Å². The molecule has 110 valence electrons. The van der Waals surface area contributed by atoms with Crippen LogP contribution < -0.4 is 10.6 Å². The number of fused-ring (bicyclic) bond motifs is 1. The van der Waals surface area contributed by atoms with Crippen LogP contribution in [0.5, 0.6) is 0 Å². The largest absolute Gasteiger partial charge is 0.378 e. The minimum Gasteiger partial charge on any atom is -0.378 e. The second-order valence-corrected chi connectivity index (χ2v) is 5.27. The van der Waals surface area contributed by atoms with Crippen molar-refractivity contribution < 1.29 is 9.18 Å². The van der Waals surface area contributed by atoms with Crippen LogP contribution in [0.4, 0.5) is 15.8 Å². The van der Waals surface area contributed by atoms with Gasteiger partial charge in [-0.2, -0.15) is 5.10 Å². The van der Waals surface area contributed by atoms with Crippen LogP contribution in [0.3, 0.4) is 0 Å². The SMILES string of the molecule is Cc1c(CNc2cc3c(cc2F)NC(=O)CC3)cnn1C. The number of aromatic nitrogens is 2. The Labute approximate surface area is 122 Å². The molecule has 2 heterocycles. The summed E-state index contributed by atoms with van der Waals surface area (Å²) in [6, 6.07) is 3.15. The lowest BCUT2D eigenvalue weighted by atomic mass is 10.0. The van der Waals surface area contributed by atoms with E-state index in [0.29, 0.717) is 30.8 Å². The summed E-state index contributed by atoms with van der Waals surface area (Å²) < 4.78 is 15.9. The van der Waals surface area contributed by atoms with Gasteiger partial charge in [0.1, 0.15) is 5.82 Å². The first kappa shape index (κ1) is 13.6. The summed E-state index contributed by atoms with van der Waals surface area (Å²) in [5.41, 5.74) is 4.07. The van der Waals surface area contributed by atoms with Gasteiger partial charge in [0.05, 0.1) is 11.9 Å². The molecule has 0 bridgehead atoms. The lowest BCUT2D eigenvalue weighted by Gasteiger charge is -2.18. The fourth-order valence-corrected chi connectivity index (χ4v) is 2.45. The number of nitrogens with zero attached hydrogens (tertiary/aromatic N) is 2. The number of nitrogens with one attached hydrogen (secondary N) is 2. The number of carbonyl (C=O) groups is 1. The summed E-state index contributed by atoms with van der Waals surface area (Å²) in [7, 11) is 1.88. The maximum atomic E-state index is 14.1. The van der Waals surface area contributed by atoms with Gasteiger partial charge in [0.2, 0.25) is 5.91 Å². The van der Waals surface area contributed by atoms with Crippen LogP contribution in [0, 0.1) is 12.7 Å². The maximum absolute atomic E-state index is 14.1. The Morgan fingerprint density at radius 3 is 2.95 bits per heavy atom. The minimum absolute atomic E-state index is 0.0615. The molecule has 1 aliphatic rings. The van der Waals surface area contributed by atoms with Crippen molar-refractivity contribution in [3.8, 4) is 0 Å². The monoisotopic (exact) mass is 288 g/mol. The molecule has 0 unspecified atom stereocenters. The van der Waals surface area contributed by atoms with Crippen LogP contribution in [-0.4, -0.2) is 15.7 Å². The molecular formula is C15H17FN4O. The summed E-state index contributed by atoms with van der Waals surface area (Å²) in [6.45, 7) is 2.49. The van der Waals surface area contributed by atoms with E-state index in [2.05, 4.69) is 15.7 Å². The van der Waals surface area contributed by atoms with Crippen molar-refractivity contribution in [2.24, 2.45) is 7.05 Å². The molecule has 1 aromatic carbocycles. The highest BCUT2D eigenvalue weighted by molar-refractivity contribution is 5.94. The second kappa shape index (κ2) is 5.20. The molecule has 1 aromatic heterocycles. The lowest BCUT2D eigenvalue weighted by molar-refractivity contribution is -0.116. The number of amides is 1. The Kier molecular flexibility index (Phi) is 3.37. The van der Waals surface area contributed by atoms with E-state index in [4.69, 9.17) is 0 Å². The van der Waals surface area contributed by atoms with Gasteiger partial charge in [-0.05, 0) is 31.0 Å². The topological polar surface area (TPSA) is 58.9 Å². The highest BCUT2D eigenvalue weighted by atomic mass is 19.1. The molecule has 21 heavy (non-hydrogen) atoms. The zero-order chi connectivity index (χ0) is 15.0. The predicted molar refractivity (Wildman–Crippen MR) is 78.6 cm³/mol. The zero-order valence-electron chi connectivity index (χ0n) is 12.0. The van der Waals surface area contributed by atoms with Gasteiger partial charge >= 0.3 is 0 Å². The Morgan fingerprint density at radius 2 is 2.24 bits per heavy atom. The summed E-state index contributed by atoms with van der Waals surface area (Å²) in [5.74, 6) is -0.425. The van der Waals surface area contributed by atoms with Gasteiger partial charge in [0, 0.05) is 37.0 Å². The summed E-state index contributed by atoms with van der Waals surface area (Å²) in [5, 5.41) is 9.96. The van der Waals surface area contributed by atoms with E-state index in [1.54, 1.807) is 16.9 Å². The van der Waals surface area contributed by atoms with E-state index in [1.165, 1.54) is 6.07 Å². The minimum atomic E-state index is -0.363. The molecule has 0 atom stereocenters. The number of rotatable bonds is 3. The third-order valence-corrected chi connectivity index (χ3v) is 3.89. The van der Waals surface area contributed by atoms with Crippen LogP contribution in [0.2, 0.25) is 0 Å². The van der Waals surface area contributed by atoms with Crippen LogP contribution in [0.15, 0.2) is 18.3 Å². The number of halogens is 1. The Hall–Kier alpha value is -2.37. The Balaban J connectivity index is 1.80. The third kappa shape index (κ3) is 2.61. The zero-order valence-corrected chi connectivity index (χ0v) is 12.0. The van der Waals surface area contributed by atoms with Crippen LogP contribution in [0.1, 0.15) is 23.2 Å². The Morgan fingerprint density at radius 1 is 1.43 bits per heavy atom. The number of hydrogen-bond donors (Lipinski definition) is 2. The first-order valence-electron chi connectivity index (χ1n) is 6.88. The van der Waals surface area contributed by atoms with Gasteiger partial charge in [-0.25, -0.2) is 4.39 Å². The second-order valence-electron chi connectivity index (χ2n) is 5.27. The van der Waals surface area contributed by atoms with Gasteiger partial charge in [-0.15, -0.1) is 0 Å². The van der Waals surface area contributed by atoms with Crippen molar-refractivity contribution >= 4 is 17.3 Å². The van der Waals surface area contributed by atoms with Crippen LogP contribution in [-0.2, 0) is 24.8 Å². The fourth-order valence-electron chi connectivity index (χ4n) is 2.45. The van der Waals surface area contributed by atoms with Crippen LogP contribution >= 0.6 is 0 Å². The smallest absolute Gasteiger partial charge is 0.224 e. The summed E-state index contributed by atoms with van der Waals surface area (Å²) in [4.78, 5) is 11.3. The third-order valence-electron chi connectivity index (χ3n) is 3.89. The molecular weight excluding hydrogens is 271 g/mol. The van der Waals surface area contributed by atoms with E-state index >= 15 is 0 Å². The predicted octanol–water partition coefficient (Wildman–Crippen LogP) is 2.36. The molecule has 6 heteroatoms. The molecule has 0 aliphatic carbocycles. The van der Waals surface area contributed by atoms with Gasteiger partial charge in [0.15, 0.2) is 0 Å². The van der Waals surface area contributed by atoms with Gasteiger partial charge in [0.25, 0.3) is 0 Å². The number of hydrogen-bond acceptors (Lipinski definition) is 3. The molecule has 0 saturated heterocycles. The molecule has 5 nitrogen and oxygen atoms in total. The summed E-state index contributed by atoms with van der Waals surface area (Å²) in [6.07, 6.45) is 2.86. The van der Waals surface area contributed by atoms with E-state index in [0.717, 1.165) is 16.8 Å². The normalized spacial score (nSPS) is 13.8. The average molecular weight is 288 g/mol. The van der Waals surface area contributed by atoms with Crippen molar-refractivity contribution in [2.45, 2.75) is 26.3 Å². The highest BCUT2D eigenvalue weighted by Crippen LogP contribution is 2.28. The van der Waals surface area contributed by atoms with E-state index in [1.807, 2.05) is 14.0 Å². The fraction of sp³-hybridized carbons (Fsp3) is 0.333. The number of aryl methyl sites for hydroxylation is 2. The summed E-state index contributed by atoms with van der Waals surface area (Å²) >= 11 is 0. The van der Waals surface area contributed by atoms with E-state index in [-0.39, 0.29) is 11.7 Å². The average Bonchev–Trinajstić information content (AvgIpc) is 2.77. The number of anilines is 2. The molecule has 2 aromatic rings. The highest BCUT2D eigenvalue weighted by Gasteiger charge is 2.17. The van der Waals surface area contributed by atoms with Gasteiger partial charge < -0.3 is 10.6 Å². The maximum Gasteiger partial charge on any atom is 0.224 e. The molecule has 1 aliphatic heterocycles. The molecule has 0 saturated carbocycles. The molecule has 0 fully saturated rings. The quantitative estimate of drug-likeness (QED) is 0.911. The van der Waals surface area contributed by atoms with Crippen molar-refractivity contribution in [3.63, 3.8) is 0 Å². The van der Waals surface area contributed by atoms with E-state index in [9.17, 15) is 9.18 Å². The molecule has 0 radical (unpaired) electrons. The Bertz CT molecular complexity index is 708. The molecule has 3 rings (SSSR count). The molecule has 1 amide bonds. The van der Waals surface area contributed by atoms with Crippen LogP contribution in [0.25, 0.3) is 0 Å². The lowest BCUT2D eigenvalue weighted by Crippen LogP contribution is -2.19. The molecule has 2 N–H and O–H groups in total. The van der Waals surface area contributed by atoms with Crippen molar-refractivity contribution in [1.82, 2.24) is 9.78 Å². The standard InChI is InChI=1S/C15H17FN4O/c1-9-11(8-18-20(9)2)7-17-14-5-10-3-4-15(21)19-13(10)6-12(14)16/h5-6,8,17H,3-4,7H2,1-2H3,(H,19,21). The van der Waals surface area contributed by atoms with Crippen molar-refractivity contribution in [1.29, 1.82) is 0 Å². The number of carbonyl (C=O) groups excluding carboxylic acids is 1. The first-order valence-corrected chi connectivity index (χ1v) is 6.88. The van der Waals surface area contributed by atoms with E-state index < -0.39 is 0 Å². The van der Waals surface area contributed by atoms with Gasteiger partial charge in [-0.1, -0.05) is 0 Å².